The molecule has 0 aliphatic heterocycles. The van der Waals surface area contributed by atoms with Crippen LogP contribution in [0.4, 0.5) is 10.3 Å². The number of nitrogens with zero attached hydrogens (tertiary/aromatic N) is 3. The molecule has 0 amide bonds. The van der Waals surface area contributed by atoms with Crippen molar-refractivity contribution in [1.29, 1.82) is 0 Å². The molecule has 0 aliphatic carbocycles. The molecule has 2 heterocycles. The Hall–Kier alpha value is -2.50. The summed E-state index contributed by atoms with van der Waals surface area (Å²) in [6, 6.07) is 6.03. The Balaban J connectivity index is 2.39. The number of rotatable bonds is 1. The van der Waals surface area contributed by atoms with Crippen LogP contribution in [0.15, 0.2) is 30.5 Å². The topological polar surface area (TPSA) is 80.5 Å². The van der Waals surface area contributed by atoms with Gasteiger partial charge in [-0.3, -0.25) is 5.10 Å². The van der Waals surface area contributed by atoms with E-state index in [0.717, 1.165) is 0 Å². The van der Waals surface area contributed by atoms with Gasteiger partial charge in [-0.25, -0.2) is 14.4 Å². The van der Waals surface area contributed by atoms with Crippen LogP contribution in [0.2, 0.25) is 0 Å². The number of hydrogen-bond donors (Lipinski definition) is 2. The van der Waals surface area contributed by atoms with Crippen molar-refractivity contribution in [3.8, 4) is 11.4 Å². The number of nitrogen functional groups attached to an aromatic ring is 1. The average Bonchev–Trinajstić information content (AvgIpc) is 2.82. The van der Waals surface area contributed by atoms with Gasteiger partial charge in [-0.05, 0) is 24.3 Å². The Morgan fingerprint density at radius 2 is 2.06 bits per heavy atom. The van der Waals surface area contributed by atoms with Crippen molar-refractivity contribution < 1.29 is 4.39 Å². The third kappa shape index (κ3) is 1.59. The lowest BCUT2D eigenvalue weighted by molar-refractivity contribution is 0.629. The van der Waals surface area contributed by atoms with Gasteiger partial charge in [0.2, 0.25) is 5.95 Å². The Kier molecular flexibility index (Phi) is 2.01. The number of aromatic amines is 1. The van der Waals surface area contributed by atoms with Gasteiger partial charge in [0.1, 0.15) is 11.5 Å². The van der Waals surface area contributed by atoms with E-state index >= 15 is 0 Å². The zero-order valence-electron chi connectivity index (χ0n) is 8.68. The Morgan fingerprint density at radius 1 is 1.18 bits per heavy atom. The summed E-state index contributed by atoms with van der Waals surface area (Å²) >= 11 is 0. The maximum absolute atomic E-state index is 13.2. The molecule has 1 aromatic carbocycles. The van der Waals surface area contributed by atoms with Crippen LogP contribution < -0.4 is 5.73 Å². The van der Waals surface area contributed by atoms with Gasteiger partial charge in [-0.1, -0.05) is 0 Å². The molecule has 0 saturated heterocycles. The summed E-state index contributed by atoms with van der Waals surface area (Å²) < 4.78 is 13.2. The second-order valence-corrected chi connectivity index (χ2v) is 3.56. The molecule has 0 unspecified atom stereocenters. The van der Waals surface area contributed by atoms with Crippen molar-refractivity contribution in [3.63, 3.8) is 0 Å². The number of hydrogen-bond acceptors (Lipinski definition) is 4. The smallest absolute Gasteiger partial charge is 0.221 e. The van der Waals surface area contributed by atoms with E-state index < -0.39 is 0 Å². The van der Waals surface area contributed by atoms with Crippen LogP contribution in [0.3, 0.4) is 0 Å². The first-order valence-electron chi connectivity index (χ1n) is 4.96. The first kappa shape index (κ1) is 9.71. The Morgan fingerprint density at radius 3 is 2.82 bits per heavy atom. The van der Waals surface area contributed by atoms with Crippen molar-refractivity contribution in [2.75, 3.05) is 5.73 Å². The third-order valence-electron chi connectivity index (χ3n) is 2.43. The van der Waals surface area contributed by atoms with Crippen LogP contribution >= 0.6 is 0 Å². The van der Waals surface area contributed by atoms with Gasteiger partial charge in [-0.15, -0.1) is 0 Å². The molecule has 2 aromatic heterocycles. The second-order valence-electron chi connectivity index (χ2n) is 3.56. The molecule has 0 atom stereocenters. The Bertz CT molecular complexity index is 678. The fourth-order valence-electron chi connectivity index (χ4n) is 1.71. The highest BCUT2D eigenvalue weighted by atomic mass is 19.1. The van der Waals surface area contributed by atoms with Gasteiger partial charge in [-0.2, -0.15) is 5.10 Å². The van der Waals surface area contributed by atoms with Crippen LogP contribution in [0, 0.1) is 5.82 Å². The molecule has 5 nitrogen and oxygen atoms in total. The molecular formula is C11H8FN5. The summed E-state index contributed by atoms with van der Waals surface area (Å²) in [4.78, 5) is 8.17. The van der Waals surface area contributed by atoms with Crippen LogP contribution in [-0.4, -0.2) is 20.2 Å². The van der Waals surface area contributed by atoms with Crippen molar-refractivity contribution in [1.82, 2.24) is 20.2 Å². The Labute approximate surface area is 95.5 Å². The summed E-state index contributed by atoms with van der Waals surface area (Å²) in [5, 5.41) is 7.21. The summed E-state index contributed by atoms with van der Waals surface area (Å²) in [6.07, 6.45) is 1.60. The molecule has 84 valence electrons. The predicted molar refractivity (Wildman–Crippen MR) is 61.5 cm³/mol. The van der Waals surface area contributed by atoms with E-state index in [4.69, 9.17) is 5.73 Å². The summed E-state index contributed by atoms with van der Waals surface area (Å²) in [5.41, 5.74) is 7.44. The number of nitrogens with two attached hydrogens (primary N) is 1. The predicted octanol–water partition coefficient (Wildman–Crippen LogP) is 1.74. The minimum absolute atomic E-state index is 0.147. The van der Waals surface area contributed by atoms with E-state index in [1.807, 2.05) is 0 Å². The fourth-order valence-corrected chi connectivity index (χ4v) is 1.71. The standard InChI is InChI=1S/C11H8FN5/c12-6-1-2-8-7(5-6)10(16-11(13)15-8)9-3-4-14-17-9/h1-5H,(H,14,17)(H2,13,15,16). The fraction of sp³-hybridized carbons (Fsp3) is 0. The number of nitrogens with one attached hydrogen (secondary N) is 1. The summed E-state index contributed by atoms with van der Waals surface area (Å²) in [7, 11) is 0. The minimum atomic E-state index is -0.341. The van der Waals surface area contributed by atoms with E-state index in [2.05, 4.69) is 20.2 Å². The highest BCUT2D eigenvalue weighted by Gasteiger charge is 2.10. The molecule has 0 spiro atoms. The van der Waals surface area contributed by atoms with Gasteiger partial charge < -0.3 is 5.73 Å². The average molecular weight is 229 g/mol. The molecule has 17 heavy (non-hydrogen) atoms. The van der Waals surface area contributed by atoms with E-state index in [1.165, 1.54) is 12.1 Å². The van der Waals surface area contributed by atoms with Crippen LogP contribution in [-0.2, 0) is 0 Å². The third-order valence-corrected chi connectivity index (χ3v) is 2.43. The molecule has 0 fully saturated rings. The number of H-pyrrole nitrogens is 1. The van der Waals surface area contributed by atoms with Crippen LogP contribution in [0.5, 0.6) is 0 Å². The lowest BCUT2D eigenvalue weighted by Gasteiger charge is -2.04. The quantitative estimate of drug-likeness (QED) is 0.666. The van der Waals surface area contributed by atoms with Gasteiger partial charge >= 0.3 is 0 Å². The highest BCUT2D eigenvalue weighted by Crippen LogP contribution is 2.25. The largest absolute Gasteiger partial charge is 0.368 e. The zero-order valence-corrected chi connectivity index (χ0v) is 8.68. The molecule has 0 radical (unpaired) electrons. The van der Waals surface area contributed by atoms with Crippen LogP contribution in [0.1, 0.15) is 0 Å². The van der Waals surface area contributed by atoms with E-state index in [9.17, 15) is 4.39 Å². The first-order chi connectivity index (χ1) is 8.24. The highest BCUT2D eigenvalue weighted by molar-refractivity contribution is 5.92. The molecule has 6 heteroatoms. The molecule has 0 aliphatic rings. The zero-order chi connectivity index (χ0) is 11.8. The van der Waals surface area contributed by atoms with Crippen molar-refractivity contribution in [3.05, 3.63) is 36.3 Å². The molecule has 3 N–H and O–H groups in total. The van der Waals surface area contributed by atoms with Gasteiger partial charge in [0.15, 0.2) is 0 Å². The second kappa shape index (κ2) is 3.51. The monoisotopic (exact) mass is 229 g/mol. The lowest BCUT2D eigenvalue weighted by atomic mass is 10.1. The van der Waals surface area contributed by atoms with E-state index in [-0.39, 0.29) is 11.8 Å². The van der Waals surface area contributed by atoms with Gasteiger partial charge in [0, 0.05) is 11.6 Å². The van der Waals surface area contributed by atoms with E-state index in [0.29, 0.717) is 22.3 Å². The molecule has 3 aromatic rings. The van der Waals surface area contributed by atoms with Crippen LogP contribution in [0.25, 0.3) is 22.3 Å². The van der Waals surface area contributed by atoms with Gasteiger partial charge in [0.05, 0.1) is 11.2 Å². The first-order valence-corrected chi connectivity index (χ1v) is 4.96. The van der Waals surface area contributed by atoms with E-state index in [1.54, 1.807) is 18.3 Å². The number of halogens is 1. The van der Waals surface area contributed by atoms with Crippen molar-refractivity contribution >= 4 is 16.9 Å². The molecule has 3 rings (SSSR count). The normalized spacial score (nSPS) is 10.9. The number of aromatic nitrogens is 4. The SMILES string of the molecule is Nc1nc(-c2ccn[nH]2)c2cc(F)ccc2n1. The molecule has 0 saturated carbocycles. The lowest BCUT2D eigenvalue weighted by Crippen LogP contribution is -1.98. The number of anilines is 1. The van der Waals surface area contributed by atoms with Crippen molar-refractivity contribution in [2.45, 2.75) is 0 Å². The maximum atomic E-state index is 13.2. The van der Waals surface area contributed by atoms with Crippen molar-refractivity contribution in [2.24, 2.45) is 0 Å². The van der Waals surface area contributed by atoms with Gasteiger partial charge in [0.25, 0.3) is 0 Å². The number of benzene rings is 1. The maximum Gasteiger partial charge on any atom is 0.221 e. The summed E-state index contributed by atoms with van der Waals surface area (Å²) in [5.74, 6) is -0.194. The molecular weight excluding hydrogens is 221 g/mol. The minimum Gasteiger partial charge on any atom is -0.368 e. The summed E-state index contributed by atoms with van der Waals surface area (Å²) in [6.45, 7) is 0. The number of fused-ring (bicyclic) bond motifs is 1. The molecule has 0 bridgehead atoms.